The summed E-state index contributed by atoms with van der Waals surface area (Å²) < 4.78 is 10.7. The molecule has 108 valence electrons. The van der Waals surface area contributed by atoms with E-state index < -0.39 is 5.76 Å². The maximum Gasteiger partial charge on any atom is 0.417 e. The molecular weight excluding hydrogens is 292 g/mol. The molecule has 21 heavy (non-hydrogen) atoms. The Morgan fingerprint density at radius 1 is 1.33 bits per heavy atom. The fourth-order valence-electron chi connectivity index (χ4n) is 2.09. The minimum Gasteiger partial charge on any atom is -0.455 e. The largest absolute Gasteiger partial charge is 0.455 e. The number of anilines is 1. The monoisotopic (exact) mass is 304 g/mol. The molecule has 3 N–H and O–H groups in total. The number of hydrogen-bond donors (Lipinski definition) is 2. The summed E-state index contributed by atoms with van der Waals surface area (Å²) in [5.74, 6) is 0.554. The van der Waals surface area contributed by atoms with E-state index in [-0.39, 0.29) is 0 Å². The van der Waals surface area contributed by atoms with Crippen molar-refractivity contribution in [2.45, 2.75) is 13.3 Å². The van der Waals surface area contributed by atoms with Crippen molar-refractivity contribution >= 4 is 28.4 Å². The first-order valence-electron chi connectivity index (χ1n) is 6.45. The molecule has 6 heteroatoms. The van der Waals surface area contributed by atoms with E-state index in [1.807, 2.05) is 13.0 Å². The molecule has 2 aromatic carbocycles. The number of oxazole rings is 1. The topological polar surface area (TPSA) is 81.2 Å². The highest BCUT2D eigenvalue weighted by atomic mass is 35.5. The predicted molar refractivity (Wildman–Crippen MR) is 82.2 cm³/mol. The van der Waals surface area contributed by atoms with Crippen LogP contribution in [0.3, 0.4) is 0 Å². The van der Waals surface area contributed by atoms with E-state index in [0.717, 1.165) is 12.0 Å². The van der Waals surface area contributed by atoms with Crippen LogP contribution >= 0.6 is 11.6 Å². The van der Waals surface area contributed by atoms with Gasteiger partial charge in [0.05, 0.1) is 11.2 Å². The number of benzene rings is 2. The van der Waals surface area contributed by atoms with Gasteiger partial charge < -0.3 is 14.9 Å². The van der Waals surface area contributed by atoms with Gasteiger partial charge in [0.2, 0.25) is 0 Å². The van der Waals surface area contributed by atoms with Gasteiger partial charge in [-0.05, 0) is 30.2 Å². The molecule has 0 atom stereocenters. The highest BCUT2D eigenvalue weighted by molar-refractivity contribution is 6.31. The number of aromatic amines is 1. The zero-order valence-electron chi connectivity index (χ0n) is 11.3. The standard InChI is InChI=1S/C15H13ClN2O3/c1-2-8-5-9(3-4-10(8)16)20-13-7-12-14(6-11(13)17)21-15(19)18-12/h3-7H,2,17H2,1H3,(H,18,19). The van der Waals surface area contributed by atoms with E-state index in [1.165, 1.54) is 0 Å². The van der Waals surface area contributed by atoms with Crippen LogP contribution < -0.4 is 16.2 Å². The first-order valence-corrected chi connectivity index (χ1v) is 6.83. The number of rotatable bonds is 3. The molecule has 5 nitrogen and oxygen atoms in total. The van der Waals surface area contributed by atoms with E-state index in [9.17, 15) is 4.79 Å². The Balaban J connectivity index is 2.01. The number of nitrogens with two attached hydrogens (primary N) is 1. The van der Waals surface area contributed by atoms with Gasteiger partial charge in [0.25, 0.3) is 0 Å². The number of aromatic nitrogens is 1. The van der Waals surface area contributed by atoms with Gasteiger partial charge in [-0.25, -0.2) is 4.79 Å². The van der Waals surface area contributed by atoms with Gasteiger partial charge in [0.1, 0.15) is 5.75 Å². The van der Waals surface area contributed by atoms with E-state index in [4.69, 9.17) is 26.5 Å². The van der Waals surface area contributed by atoms with Gasteiger partial charge in [-0.3, -0.25) is 4.98 Å². The van der Waals surface area contributed by atoms with Gasteiger partial charge in [-0.2, -0.15) is 0 Å². The molecule has 0 bridgehead atoms. The Hall–Kier alpha value is -2.40. The number of fused-ring (bicyclic) bond motifs is 1. The summed E-state index contributed by atoms with van der Waals surface area (Å²) in [5.41, 5.74) is 8.23. The van der Waals surface area contributed by atoms with E-state index in [1.54, 1.807) is 24.3 Å². The lowest BCUT2D eigenvalue weighted by molar-refractivity contribution is 0.484. The Morgan fingerprint density at radius 3 is 2.90 bits per heavy atom. The lowest BCUT2D eigenvalue weighted by Crippen LogP contribution is -1.94. The third-order valence-electron chi connectivity index (χ3n) is 3.18. The van der Waals surface area contributed by atoms with Crippen LogP contribution in [0, 0.1) is 0 Å². The summed E-state index contributed by atoms with van der Waals surface area (Å²) in [6, 6.07) is 8.60. The molecule has 0 saturated heterocycles. The number of ether oxygens (including phenoxy) is 1. The van der Waals surface area contributed by atoms with Crippen molar-refractivity contribution in [2.24, 2.45) is 0 Å². The van der Waals surface area contributed by atoms with Crippen molar-refractivity contribution in [3.8, 4) is 11.5 Å². The van der Waals surface area contributed by atoms with Crippen molar-refractivity contribution in [1.82, 2.24) is 4.98 Å². The van der Waals surface area contributed by atoms with Gasteiger partial charge in [-0.1, -0.05) is 18.5 Å². The molecule has 3 aromatic rings. The van der Waals surface area contributed by atoms with E-state index in [2.05, 4.69) is 4.98 Å². The normalized spacial score (nSPS) is 11.0. The molecule has 0 radical (unpaired) electrons. The van der Waals surface area contributed by atoms with Gasteiger partial charge >= 0.3 is 5.76 Å². The molecule has 1 heterocycles. The molecular formula is C15H13ClN2O3. The smallest absolute Gasteiger partial charge is 0.417 e. The van der Waals surface area contributed by atoms with Gasteiger partial charge in [0.15, 0.2) is 11.3 Å². The van der Waals surface area contributed by atoms with Crippen LogP contribution in [0.4, 0.5) is 5.69 Å². The summed E-state index contributed by atoms with van der Waals surface area (Å²) in [6.45, 7) is 2.02. The Morgan fingerprint density at radius 2 is 2.14 bits per heavy atom. The zero-order chi connectivity index (χ0) is 15.0. The molecule has 0 amide bonds. The Labute approximate surface area is 125 Å². The van der Waals surface area contributed by atoms with Crippen molar-refractivity contribution < 1.29 is 9.15 Å². The van der Waals surface area contributed by atoms with Crippen LogP contribution in [0.15, 0.2) is 39.5 Å². The van der Waals surface area contributed by atoms with Gasteiger partial charge in [0, 0.05) is 17.2 Å². The minimum atomic E-state index is -0.527. The zero-order valence-corrected chi connectivity index (χ0v) is 12.0. The third kappa shape index (κ3) is 2.60. The Kier molecular flexibility index (Phi) is 3.35. The average molecular weight is 305 g/mol. The number of halogens is 1. The summed E-state index contributed by atoms with van der Waals surface area (Å²) in [4.78, 5) is 13.7. The molecule has 1 aromatic heterocycles. The van der Waals surface area contributed by atoms with Crippen LogP contribution in [-0.4, -0.2) is 4.98 Å². The second-order valence-electron chi connectivity index (χ2n) is 4.61. The lowest BCUT2D eigenvalue weighted by atomic mass is 10.1. The van der Waals surface area contributed by atoms with Crippen molar-refractivity contribution in [1.29, 1.82) is 0 Å². The quantitative estimate of drug-likeness (QED) is 0.723. The Bertz CT molecular complexity index is 867. The first kappa shape index (κ1) is 13.6. The lowest BCUT2D eigenvalue weighted by Gasteiger charge is -2.10. The average Bonchev–Trinajstić information content (AvgIpc) is 2.80. The van der Waals surface area contributed by atoms with Crippen molar-refractivity contribution in [3.05, 3.63) is 51.5 Å². The van der Waals surface area contributed by atoms with Crippen LogP contribution in [0.5, 0.6) is 11.5 Å². The molecule has 0 unspecified atom stereocenters. The summed E-state index contributed by atoms with van der Waals surface area (Å²) >= 11 is 6.08. The number of nitrogen functional groups attached to an aromatic ring is 1. The second kappa shape index (κ2) is 5.18. The number of nitrogens with one attached hydrogen (secondary N) is 1. The molecule has 0 saturated carbocycles. The molecule has 0 aliphatic carbocycles. The molecule has 0 aliphatic rings. The fraction of sp³-hybridized carbons (Fsp3) is 0.133. The maximum atomic E-state index is 11.2. The molecule has 0 spiro atoms. The molecule has 0 aliphatic heterocycles. The van der Waals surface area contributed by atoms with Crippen LogP contribution in [-0.2, 0) is 6.42 Å². The maximum absolute atomic E-state index is 11.2. The molecule has 0 fully saturated rings. The number of aryl methyl sites for hydroxylation is 1. The van der Waals surface area contributed by atoms with Crippen LogP contribution in [0.25, 0.3) is 11.1 Å². The first-order chi connectivity index (χ1) is 10.1. The summed E-state index contributed by atoms with van der Waals surface area (Å²) in [5, 5.41) is 0.701. The predicted octanol–water partition coefficient (Wildman–Crippen LogP) is 3.71. The van der Waals surface area contributed by atoms with E-state index in [0.29, 0.717) is 33.3 Å². The highest BCUT2D eigenvalue weighted by Crippen LogP contribution is 2.32. The van der Waals surface area contributed by atoms with Gasteiger partial charge in [-0.15, -0.1) is 0 Å². The second-order valence-corrected chi connectivity index (χ2v) is 5.02. The number of H-pyrrole nitrogens is 1. The SMILES string of the molecule is CCc1cc(Oc2cc3[nH]c(=O)oc3cc2N)ccc1Cl. The van der Waals surface area contributed by atoms with Crippen LogP contribution in [0.2, 0.25) is 5.02 Å². The van der Waals surface area contributed by atoms with Crippen molar-refractivity contribution in [2.75, 3.05) is 5.73 Å². The third-order valence-corrected chi connectivity index (χ3v) is 3.55. The summed E-state index contributed by atoms with van der Waals surface area (Å²) in [6.07, 6.45) is 0.805. The minimum absolute atomic E-state index is 0.387. The van der Waals surface area contributed by atoms with E-state index >= 15 is 0 Å². The molecule has 3 rings (SSSR count). The van der Waals surface area contributed by atoms with Crippen LogP contribution in [0.1, 0.15) is 12.5 Å². The van der Waals surface area contributed by atoms with Crippen molar-refractivity contribution in [3.63, 3.8) is 0 Å². The highest BCUT2D eigenvalue weighted by Gasteiger charge is 2.09. The fourth-order valence-corrected chi connectivity index (χ4v) is 2.35. The summed E-state index contributed by atoms with van der Waals surface area (Å²) in [7, 11) is 0. The number of hydrogen-bond acceptors (Lipinski definition) is 4.